The summed E-state index contributed by atoms with van der Waals surface area (Å²) in [6.45, 7) is 1.95. The van der Waals surface area contributed by atoms with E-state index in [-0.39, 0.29) is 11.7 Å². The molecule has 0 aliphatic carbocycles. The number of carbonyl (C=O) groups excluding carboxylic acids is 1. The van der Waals surface area contributed by atoms with E-state index in [1.807, 2.05) is 66.1 Å². The SMILES string of the molecule is Cc1cnc(NC(=O)CSc2nnc(Cc3ccccc3)n2-c2cccc(Cl)c2)s1. The normalized spacial score (nSPS) is 10.9. The summed E-state index contributed by atoms with van der Waals surface area (Å²) < 4.78 is 1.95. The molecule has 2 heterocycles. The zero-order valence-electron chi connectivity index (χ0n) is 16.1. The molecule has 0 atom stereocenters. The monoisotopic (exact) mass is 455 g/mol. The fourth-order valence-electron chi connectivity index (χ4n) is 2.86. The zero-order chi connectivity index (χ0) is 20.9. The van der Waals surface area contributed by atoms with Gasteiger partial charge in [0.2, 0.25) is 5.91 Å². The molecule has 0 spiro atoms. The highest BCUT2D eigenvalue weighted by Crippen LogP contribution is 2.26. The number of anilines is 1. The number of thiazole rings is 1. The summed E-state index contributed by atoms with van der Waals surface area (Å²) in [5.74, 6) is 0.837. The van der Waals surface area contributed by atoms with Crippen LogP contribution in [0.2, 0.25) is 5.02 Å². The first kappa shape index (κ1) is 20.6. The molecule has 0 aliphatic heterocycles. The van der Waals surface area contributed by atoms with Crippen molar-refractivity contribution >= 4 is 45.7 Å². The Bertz CT molecular complexity index is 1160. The van der Waals surface area contributed by atoms with Crippen molar-refractivity contribution in [1.82, 2.24) is 19.7 Å². The maximum Gasteiger partial charge on any atom is 0.236 e. The van der Waals surface area contributed by atoms with Gasteiger partial charge < -0.3 is 5.32 Å². The molecule has 2 aromatic carbocycles. The largest absolute Gasteiger partial charge is 0.301 e. The molecule has 4 rings (SSSR count). The Morgan fingerprint density at radius 3 is 2.73 bits per heavy atom. The topological polar surface area (TPSA) is 72.7 Å². The van der Waals surface area contributed by atoms with E-state index in [2.05, 4.69) is 20.5 Å². The molecular formula is C21H18ClN5OS2. The molecule has 9 heteroatoms. The highest BCUT2D eigenvalue weighted by Gasteiger charge is 2.17. The molecule has 6 nitrogen and oxygen atoms in total. The van der Waals surface area contributed by atoms with Crippen LogP contribution in [0.5, 0.6) is 0 Å². The van der Waals surface area contributed by atoms with Gasteiger partial charge in [0.1, 0.15) is 5.82 Å². The quantitative estimate of drug-likeness (QED) is 0.396. The highest BCUT2D eigenvalue weighted by atomic mass is 35.5. The van der Waals surface area contributed by atoms with E-state index in [0.29, 0.717) is 21.7 Å². The van der Waals surface area contributed by atoms with E-state index in [4.69, 9.17) is 11.6 Å². The van der Waals surface area contributed by atoms with Crippen molar-refractivity contribution in [3.63, 3.8) is 0 Å². The van der Waals surface area contributed by atoms with Gasteiger partial charge in [-0.2, -0.15) is 0 Å². The molecule has 2 aromatic heterocycles. The second-order valence-corrected chi connectivity index (χ2v) is 9.10. The predicted octanol–water partition coefficient (Wildman–Crippen LogP) is 5.01. The number of hydrogen-bond acceptors (Lipinski definition) is 6. The van der Waals surface area contributed by atoms with Crippen LogP contribution in [0.25, 0.3) is 5.69 Å². The minimum atomic E-state index is -0.139. The maximum atomic E-state index is 12.4. The fraction of sp³-hybridized carbons (Fsp3) is 0.143. The van der Waals surface area contributed by atoms with Crippen LogP contribution < -0.4 is 5.32 Å². The molecule has 30 heavy (non-hydrogen) atoms. The van der Waals surface area contributed by atoms with Crippen LogP contribution in [0.4, 0.5) is 5.13 Å². The number of aryl methyl sites for hydroxylation is 1. The molecule has 0 radical (unpaired) electrons. The summed E-state index contributed by atoms with van der Waals surface area (Å²) in [5.41, 5.74) is 1.98. The Kier molecular flexibility index (Phi) is 6.47. The van der Waals surface area contributed by atoms with Gasteiger partial charge in [-0.25, -0.2) is 4.98 Å². The average molecular weight is 456 g/mol. The molecule has 0 aliphatic rings. The van der Waals surface area contributed by atoms with Gasteiger partial charge in [0.15, 0.2) is 10.3 Å². The molecule has 152 valence electrons. The van der Waals surface area contributed by atoms with Gasteiger partial charge in [-0.3, -0.25) is 9.36 Å². The first-order valence-corrected chi connectivity index (χ1v) is 11.4. The summed E-state index contributed by atoms with van der Waals surface area (Å²) in [6, 6.07) is 17.6. The van der Waals surface area contributed by atoms with E-state index < -0.39 is 0 Å². The second-order valence-electron chi connectivity index (χ2n) is 6.49. The molecule has 0 fully saturated rings. The van der Waals surface area contributed by atoms with Gasteiger partial charge in [-0.05, 0) is 30.7 Å². The van der Waals surface area contributed by atoms with E-state index in [0.717, 1.165) is 22.0 Å². The lowest BCUT2D eigenvalue weighted by molar-refractivity contribution is -0.113. The molecule has 1 N–H and O–H groups in total. The highest BCUT2D eigenvalue weighted by molar-refractivity contribution is 7.99. The number of hydrogen-bond donors (Lipinski definition) is 1. The van der Waals surface area contributed by atoms with E-state index >= 15 is 0 Å². The van der Waals surface area contributed by atoms with Gasteiger partial charge in [0, 0.05) is 22.5 Å². The van der Waals surface area contributed by atoms with E-state index in [1.54, 1.807) is 6.20 Å². The Balaban J connectivity index is 1.56. The first-order chi connectivity index (χ1) is 14.6. The first-order valence-electron chi connectivity index (χ1n) is 9.18. The van der Waals surface area contributed by atoms with Crippen LogP contribution in [0.3, 0.4) is 0 Å². The van der Waals surface area contributed by atoms with Crippen molar-refractivity contribution in [2.75, 3.05) is 11.1 Å². The van der Waals surface area contributed by atoms with Crippen molar-refractivity contribution in [3.05, 3.63) is 82.1 Å². The molecule has 0 unspecified atom stereocenters. The van der Waals surface area contributed by atoms with Crippen LogP contribution in [-0.4, -0.2) is 31.4 Å². The van der Waals surface area contributed by atoms with Crippen molar-refractivity contribution in [1.29, 1.82) is 0 Å². The third-order valence-corrected chi connectivity index (χ3v) is 6.16. The van der Waals surface area contributed by atoms with Gasteiger partial charge in [0.05, 0.1) is 11.4 Å². The van der Waals surface area contributed by atoms with Crippen molar-refractivity contribution in [3.8, 4) is 5.69 Å². The summed E-state index contributed by atoms with van der Waals surface area (Å²) in [4.78, 5) is 17.6. The average Bonchev–Trinajstić information content (AvgIpc) is 3.33. The minimum Gasteiger partial charge on any atom is -0.301 e. The van der Waals surface area contributed by atoms with E-state index in [1.165, 1.54) is 23.1 Å². The standard InChI is InChI=1S/C21H18ClN5OS2/c1-14-12-23-20(30-14)24-19(28)13-29-21-26-25-18(10-15-6-3-2-4-7-15)27(21)17-9-5-8-16(22)11-17/h2-9,11-12H,10,13H2,1H3,(H,23,24,28). The number of halogens is 1. The van der Waals surface area contributed by atoms with Crippen molar-refractivity contribution in [2.24, 2.45) is 0 Å². The number of nitrogens with zero attached hydrogens (tertiary/aromatic N) is 4. The summed E-state index contributed by atoms with van der Waals surface area (Å²) >= 11 is 8.98. The third kappa shape index (κ3) is 5.08. The fourth-order valence-corrected chi connectivity index (χ4v) is 4.50. The second kappa shape index (κ2) is 9.42. The predicted molar refractivity (Wildman–Crippen MR) is 122 cm³/mol. The molecule has 1 amide bonds. The molecular weight excluding hydrogens is 438 g/mol. The number of carbonyl (C=O) groups is 1. The Morgan fingerprint density at radius 1 is 1.17 bits per heavy atom. The van der Waals surface area contributed by atoms with Crippen LogP contribution in [-0.2, 0) is 11.2 Å². The maximum absolute atomic E-state index is 12.4. The lowest BCUT2D eigenvalue weighted by Crippen LogP contribution is -2.14. The van der Waals surface area contributed by atoms with Crippen LogP contribution >= 0.6 is 34.7 Å². The smallest absolute Gasteiger partial charge is 0.236 e. The van der Waals surface area contributed by atoms with Gasteiger partial charge >= 0.3 is 0 Å². The zero-order valence-corrected chi connectivity index (χ0v) is 18.5. The van der Waals surface area contributed by atoms with Crippen molar-refractivity contribution in [2.45, 2.75) is 18.5 Å². The van der Waals surface area contributed by atoms with Crippen LogP contribution in [0, 0.1) is 6.92 Å². The van der Waals surface area contributed by atoms with Crippen LogP contribution in [0.1, 0.15) is 16.3 Å². The summed E-state index contributed by atoms with van der Waals surface area (Å²) in [5, 5.41) is 13.4. The lowest BCUT2D eigenvalue weighted by atomic mass is 10.1. The minimum absolute atomic E-state index is 0.139. The summed E-state index contributed by atoms with van der Waals surface area (Å²) in [7, 11) is 0. The van der Waals surface area contributed by atoms with Crippen molar-refractivity contribution < 1.29 is 4.79 Å². The number of aromatic nitrogens is 4. The Labute approximate surface area is 187 Å². The van der Waals surface area contributed by atoms with Crippen LogP contribution in [0.15, 0.2) is 66.0 Å². The molecule has 0 bridgehead atoms. The van der Waals surface area contributed by atoms with Gasteiger partial charge in [0.25, 0.3) is 0 Å². The Hall–Kier alpha value is -2.68. The number of amides is 1. The molecule has 0 saturated carbocycles. The molecule has 4 aromatic rings. The number of thioether (sulfide) groups is 1. The summed E-state index contributed by atoms with van der Waals surface area (Å²) in [6.07, 6.45) is 2.35. The van der Waals surface area contributed by atoms with Gasteiger partial charge in [-0.1, -0.05) is 59.8 Å². The third-order valence-electron chi connectivity index (χ3n) is 4.17. The number of nitrogens with one attached hydrogen (secondary N) is 1. The van der Waals surface area contributed by atoms with Gasteiger partial charge in [-0.15, -0.1) is 21.5 Å². The van der Waals surface area contributed by atoms with E-state index in [9.17, 15) is 4.79 Å². The Morgan fingerprint density at radius 2 is 2.00 bits per heavy atom. The lowest BCUT2D eigenvalue weighted by Gasteiger charge is -2.11. The number of rotatable bonds is 7. The molecule has 0 saturated heterocycles. The number of benzene rings is 2.